The summed E-state index contributed by atoms with van der Waals surface area (Å²) in [4.78, 5) is 12.0. The summed E-state index contributed by atoms with van der Waals surface area (Å²) in [5.41, 5.74) is 9.66. The number of aryl methyl sites for hydroxylation is 2. The van der Waals surface area contributed by atoms with E-state index in [9.17, 15) is 4.79 Å². The first-order valence-electron chi connectivity index (χ1n) is 7.09. The van der Waals surface area contributed by atoms with Crippen LogP contribution in [-0.2, 0) is 18.3 Å². The molecule has 0 aliphatic carbocycles. The highest BCUT2D eigenvalue weighted by atomic mass is 16.1. The second kappa shape index (κ2) is 6.43. The molecule has 3 N–H and O–H groups in total. The molecule has 2 rings (SSSR count). The molecule has 2 aromatic rings. The molecule has 0 spiro atoms. The van der Waals surface area contributed by atoms with Crippen LogP contribution in [0.1, 0.15) is 36.2 Å². The molecule has 0 fully saturated rings. The highest BCUT2D eigenvalue weighted by molar-refractivity contribution is 5.76. The minimum absolute atomic E-state index is 0.0351. The first-order chi connectivity index (χ1) is 9.97. The molecule has 1 atom stereocenters. The molecule has 0 radical (unpaired) electrons. The highest BCUT2D eigenvalue weighted by Crippen LogP contribution is 2.16. The van der Waals surface area contributed by atoms with Gasteiger partial charge in [-0.3, -0.25) is 9.48 Å². The van der Waals surface area contributed by atoms with Gasteiger partial charge < -0.3 is 11.1 Å². The molecule has 0 bridgehead atoms. The zero-order valence-corrected chi connectivity index (χ0v) is 12.8. The number of nitrogens with zero attached hydrogens (tertiary/aromatic N) is 2. The van der Waals surface area contributed by atoms with Gasteiger partial charge in [0.05, 0.1) is 12.2 Å². The predicted molar refractivity (Wildman–Crippen MR) is 83.7 cm³/mol. The lowest BCUT2D eigenvalue weighted by Crippen LogP contribution is -2.27. The summed E-state index contributed by atoms with van der Waals surface area (Å²) >= 11 is 0. The number of nitrogens with two attached hydrogens (primary N) is 1. The monoisotopic (exact) mass is 286 g/mol. The Hall–Kier alpha value is -2.30. The topological polar surface area (TPSA) is 72.9 Å². The lowest BCUT2D eigenvalue weighted by atomic mass is 10.1. The third-order valence-corrected chi connectivity index (χ3v) is 3.71. The number of carbonyl (C=O) groups excluding carboxylic acids is 1. The quantitative estimate of drug-likeness (QED) is 0.827. The molecule has 1 aromatic carbocycles. The van der Waals surface area contributed by atoms with E-state index in [4.69, 9.17) is 5.73 Å². The summed E-state index contributed by atoms with van der Waals surface area (Å²) in [6.45, 7) is 3.97. The lowest BCUT2D eigenvalue weighted by molar-refractivity contribution is -0.121. The van der Waals surface area contributed by atoms with Crippen molar-refractivity contribution >= 4 is 11.6 Å². The van der Waals surface area contributed by atoms with E-state index in [1.165, 1.54) is 0 Å². The normalized spacial score (nSPS) is 12.1. The molecule has 1 unspecified atom stereocenters. The smallest absolute Gasteiger partial charge is 0.220 e. The van der Waals surface area contributed by atoms with Crippen LogP contribution >= 0.6 is 0 Å². The highest BCUT2D eigenvalue weighted by Gasteiger charge is 2.14. The van der Waals surface area contributed by atoms with Crippen LogP contribution < -0.4 is 11.1 Å². The van der Waals surface area contributed by atoms with Gasteiger partial charge in [0.2, 0.25) is 5.91 Å². The number of hydrogen-bond donors (Lipinski definition) is 2. The van der Waals surface area contributed by atoms with Crippen LogP contribution in [0.4, 0.5) is 5.69 Å². The van der Waals surface area contributed by atoms with E-state index in [-0.39, 0.29) is 11.9 Å². The van der Waals surface area contributed by atoms with Crippen molar-refractivity contribution in [3.05, 3.63) is 47.3 Å². The van der Waals surface area contributed by atoms with E-state index in [2.05, 4.69) is 10.4 Å². The van der Waals surface area contributed by atoms with E-state index in [0.717, 1.165) is 22.5 Å². The Morgan fingerprint density at radius 2 is 2.24 bits per heavy atom. The summed E-state index contributed by atoms with van der Waals surface area (Å²) in [7, 11) is 1.90. The molecule has 0 saturated heterocycles. The summed E-state index contributed by atoms with van der Waals surface area (Å²) < 4.78 is 1.81. The van der Waals surface area contributed by atoms with Gasteiger partial charge in [-0.05, 0) is 38.0 Å². The Labute approximate surface area is 125 Å². The van der Waals surface area contributed by atoms with Gasteiger partial charge in [0.15, 0.2) is 0 Å². The third kappa shape index (κ3) is 3.84. The Morgan fingerprint density at radius 1 is 1.48 bits per heavy atom. The first kappa shape index (κ1) is 15.1. The van der Waals surface area contributed by atoms with Gasteiger partial charge in [0.25, 0.3) is 0 Å². The van der Waals surface area contributed by atoms with Crippen LogP contribution in [0.5, 0.6) is 0 Å². The fraction of sp³-hybridized carbons (Fsp3) is 0.375. The number of nitrogen functional groups attached to an aromatic ring is 1. The summed E-state index contributed by atoms with van der Waals surface area (Å²) in [6, 6.07) is 7.61. The van der Waals surface area contributed by atoms with E-state index >= 15 is 0 Å². The molecule has 1 aromatic heterocycles. The zero-order valence-electron chi connectivity index (χ0n) is 12.8. The maximum atomic E-state index is 12.0. The maximum absolute atomic E-state index is 12.0. The summed E-state index contributed by atoms with van der Waals surface area (Å²) in [5, 5.41) is 7.21. The molecule has 21 heavy (non-hydrogen) atoms. The van der Waals surface area contributed by atoms with Crippen LogP contribution in [0.2, 0.25) is 0 Å². The van der Waals surface area contributed by atoms with E-state index in [1.54, 1.807) is 6.20 Å². The van der Waals surface area contributed by atoms with Crippen molar-refractivity contribution in [1.82, 2.24) is 15.1 Å². The minimum Gasteiger partial charge on any atom is -0.399 e. The molecule has 1 heterocycles. The molecule has 0 aliphatic rings. The summed E-state index contributed by atoms with van der Waals surface area (Å²) in [5.74, 6) is 0.0353. The largest absolute Gasteiger partial charge is 0.399 e. The molecule has 1 amide bonds. The summed E-state index contributed by atoms with van der Waals surface area (Å²) in [6.07, 6.45) is 2.95. The van der Waals surface area contributed by atoms with E-state index in [1.807, 2.05) is 49.8 Å². The van der Waals surface area contributed by atoms with Crippen molar-refractivity contribution in [1.29, 1.82) is 0 Å². The van der Waals surface area contributed by atoms with Crippen molar-refractivity contribution in [2.45, 2.75) is 32.7 Å². The lowest BCUT2D eigenvalue weighted by Gasteiger charge is -2.13. The van der Waals surface area contributed by atoms with E-state index < -0.39 is 0 Å². The Bertz CT molecular complexity index is 633. The van der Waals surface area contributed by atoms with Gasteiger partial charge in [-0.15, -0.1) is 0 Å². The number of aromatic nitrogens is 2. The van der Waals surface area contributed by atoms with Crippen LogP contribution in [0.25, 0.3) is 0 Å². The van der Waals surface area contributed by atoms with Gasteiger partial charge in [0, 0.05) is 30.4 Å². The second-order valence-electron chi connectivity index (χ2n) is 5.34. The number of rotatable bonds is 5. The van der Waals surface area contributed by atoms with Crippen molar-refractivity contribution in [3.63, 3.8) is 0 Å². The zero-order chi connectivity index (χ0) is 15.4. The number of carbonyl (C=O) groups is 1. The fourth-order valence-electron chi connectivity index (χ4n) is 2.34. The molecule has 0 aliphatic heterocycles. The Balaban J connectivity index is 1.88. The number of hydrogen-bond acceptors (Lipinski definition) is 3. The molecular formula is C16H22N4O. The average Bonchev–Trinajstić information content (AvgIpc) is 2.77. The second-order valence-corrected chi connectivity index (χ2v) is 5.34. The number of anilines is 1. The Kier molecular flexibility index (Phi) is 4.62. The third-order valence-electron chi connectivity index (χ3n) is 3.71. The van der Waals surface area contributed by atoms with Crippen molar-refractivity contribution in [2.24, 2.45) is 7.05 Å². The number of nitrogens with one attached hydrogen (secondary N) is 1. The van der Waals surface area contributed by atoms with Crippen LogP contribution in [0, 0.1) is 6.92 Å². The molecule has 5 nitrogen and oxygen atoms in total. The standard InChI is InChI=1S/C16H22N4O/c1-11(15-10-18-20(3)12(15)2)19-16(21)8-7-13-5-4-6-14(17)9-13/h4-6,9-11H,7-8,17H2,1-3H3,(H,19,21). The molecule has 0 saturated carbocycles. The first-order valence-corrected chi connectivity index (χ1v) is 7.09. The van der Waals surface area contributed by atoms with Crippen molar-refractivity contribution in [2.75, 3.05) is 5.73 Å². The van der Waals surface area contributed by atoms with Crippen LogP contribution in [0.15, 0.2) is 30.5 Å². The predicted octanol–water partition coefficient (Wildman–Crippen LogP) is 2.12. The van der Waals surface area contributed by atoms with Gasteiger partial charge in [-0.25, -0.2) is 0 Å². The molecular weight excluding hydrogens is 264 g/mol. The van der Waals surface area contributed by atoms with E-state index in [0.29, 0.717) is 12.8 Å². The number of amides is 1. The van der Waals surface area contributed by atoms with Gasteiger partial charge >= 0.3 is 0 Å². The van der Waals surface area contributed by atoms with Crippen LogP contribution in [0.3, 0.4) is 0 Å². The fourth-order valence-corrected chi connectivity index (χ4v) is 2.34. The minimum atomic E-state index is -0.0351. The average molecular weight is 286 g/mol. The molecule has 5 heteroatoms. The Morgan fingerprint density at radius 3 is 2.86 bits per heavy atom. The van der Waals surface area contributed by atoms with Crippen LogP contribution in [-0.4, -0.2) is 15.7 Å². The van der Waals surface area contributed by atoms with Crippen molar-refractivity contribution in [3.8, 4) is 0 Å². The maximum Gasteiger partial charge on any atom is 0.220 e. The molecule has 112 valence electrons. The van der Waals surface area contributed by atoms with Gasteiger partial charge in [-0.1, -0.05) is 12.1 Å². The SMILES string of the molecule is Cc1c(C(C)NC(=O)CCc2cccc(N)c2)cnn1C. The van der Waals surface area contributed by atoms with Crippen molar-refractivity contribution < 1.29 is 4.79 Å². The number of benzene rings is 1. The van der Waals surface area contributed by atoms with Gasteiger partial charge in [-0.2, -0.15) is 5.10 Å². The van der Waals surface area contributed by atoms with Gasteiger partial charge in [0.1, 0.15) is 0 Å².